The predicted octanol–water partition coefficient (Wildman–Crippen LogP) is 3.72. The Morgan fingerprint density at radius 1 is 1.16 bits per heavy atom. The minimum absolute atomic E-state index is 0.0574. The number of hydrogen-bond donors (Lipinski definition) is 2. The third-order valence-corrected chi connectivity index (χ3v) is 5.69. The number of nitrogens with one attached hydrogen (secondary N) is 1. The van der Waals surface area contributed by atoms with Crippen LogP contribution in [-0.2, 0) is 17.6 Å². The number of aromatic nitrogens is 2. The molecule has 7 heteroatoms. The van der Waals surface area contributed by atoms with Crippen LogP contribution >= 0.6 is 0 Å². The zero-order chi connectivity index (χ0) is 22.1. The molecular formula is C24H24FN3O3. The standard InChI is InChI=1S/C24H24FN3O3/c1-14-5-3-6-16(11-14)18(24(30)31)13-26-23(29)22-17-7-4-8-20(17)28(27-22)21-10-9-15(2)12-19(21)25/h3,5-6,9-12,18H,4,7-8,13H2,1-2H3,(H,26,29)(H,30,31). The lowest BCUT2D eigenvalue weighted by Crippen LogP contribution is -2.32. The molecule has 0 saturated heterocycles. The quantitative estimate of drug-likeness (QED) is 0.635. The SMILES string of the molecule is Cc1cccc(C(CNC(=O)c2nn(-c3ccc(C)cc3F)c3c2CCC3)C(=O)O)c1. The van der Waals surface area contributed by atoms with Gasteiger partial charge in [0.2, 0.25) is 0 Å². The summed E-state index contributed by atoms with van der Waals surface area (Å²) in [6.07, 6.45) is 2.26. The van der Waals surface area contributed by atoms with Crippen molar-refractivity contribution in [2.45, 2.75) is 39.0 Å². The molecule has 6 nitrogen and oxygen atoms in total. The first kappa shape index (κ1) is 20.8. The van der Waals surface area contributed by atoms with E-state index in [0.717, 1.165) is 28.8 Å². The fourth-order valence-corrected chi connectivity index (χ4v) is 4.12. The van der Waals surface area contributed by atoms with Crippen molar-refractivity contribution < 1.29 is 19.1 Å². The highest BCUT2D eigenvalue weighted by atomic mass is 19.1. The van der Waals surface area contributed by atoms with Crippen molar-refractivity contribution in [1.82, 2.24) is 15.1 Å². The van der Waals surface area contributed by atoms with E-state index in [1.165, 1.54) is 10.7 Å². The number of carbonyl (C=O) groups is 2. The van der Waals surface area contributed by atoms with E-state index < -0.39 is 23.6 Å². The molecule has 1 aliphatic rings. The highest BCUT2D eigenvalue weighted by Crippen LogP contribution is 2.29. The Bertz CT molecular complexity index is 1170. The van der Waals surface area contributed by atoms with Crippen LogP contribution in [0, 0.1) is 19.7 Å². The van der Waals surface area contributed by atoms with Gasteiger partial charge in [-0.1, -0.05) is 35.9 Å². The maximum Gasteiger partial charge on any atom is 0.312 e. The maximum absolute atomic E-state index is 14.6. The number of halogens is 1. The lowest BCUT2D eigenvalue weighted by Gasteiger charge is -2.14. The fourth-order valence-electron chi connectivity index (χ4n) is 4.12. The lowest BCUT2D eigenvalue weighted by molar-refractivity contribution is -0.138. The van der Waals surface area contributed by atoms with Crippen LogP contribution in [0.5, 0.6) is 0 Å². The fraction of sp³-hybridized carbons (Fsp3) is 0.292. The molecule has 3 aromatic rings. The van der Waals surface area contributed by atoms with Gasteiger partial charge in [-0.2, -0.15) is 5.10 Å². The van der Waals surface area contributed by atoms with Gasteiger partial charge in [-0.25, -0.2) is 9.07 Å². The maximum atomic E-state index is 14.6. The van der Waals surface area contributed by atoms with E-state index in [1.807, 2.05) is 19.9 Å². The van der Waals surface area contributed by atoms with Gasteiger partial charge < -0.3 is 10.4 Å². The van der Waals surface area contributed by atoms with Crippen LogP contribution in [0.2, 0.25) is 0 Å². The molecule has 0 saturated carbocycles. The minimum Gasteiger partial charge on any atom is -0.481 e. The smallest absolute Gasteiger partial charge is 0.312 e. The van der Waals surface area contributed by atoms with Gasteiger partial charge in [0.15, 0.2) is 5.69 Å². The monoisotopic (exact) mass is 421 g/mol. The summed E-state index contributed by atoms with van der Waals surface area (Å²) in [4.78, 5) is 24.7. The summed E-state index contributed by atoms with van der Waals surface area (Å²) in [6.45, 7) is 3.64. The van der Waals surface area contributed by atoms with Gasteiger partial charge in [0.05, 0.1) is 5.92 Å². The van der Waals surface area contributed by atoms with Crippen LogP contribution < -0.4 is 5.32 Å². The predicted molar refractivity (Wildman–Crippen MR) is 114 cm³/mol. The van der Waals surface area contributed by atoms with Crippen molar-refractivity contribution >= 4 is 11.9 Å². The lowest BCUT2D eigenvalue weighted by atomic mass is 9.97. The molecule has 160 valence electrons. The summed E-state index contributed by atoms with van der Waals surface area (Å²) < 4.78 is 16.1. The summed E-state index contributed by atoms with van der Waals surface area (Å²) >= 11 is 0. The second-order valence-corrected chi connectivity index (χ2v) is 8.01. The van der Waals surface area contributed by atoms with Crippen molar-refractivity contribution in [1.29, 1.82) is 0 Å². The number of carbonyl (C=O) groups excluding carboxylic acids is 1. The Balaban J connectivity index is 1.60. The molecule has 1 aliphatic carbocycles. The molecule has 1 amide bonds. The van der Waals surface area contributed by atoms with Crippen LogP contribution in [0.3, 0.4) is 0 Å². The van der Waals surface area contributed by atoms with E-state index in [-0.39, 0.29) is 12.2 Å². The summed E-state index contributed by atoms with van der Waals surface area (Å²) in [5.74, 6) is -2.71. The topological polar surface area (TPSA) is 84.2 Å². The zero-order valence-electron chi connectivity index (χ0n) is 17.5. The third-order valence-electron chi connectivity index (χ3n) is 5.69. The number of amides is 1. The van der Waals surface area contributed by atoms with Gasteiger partial charge in [-0.05, 0) is 56.4 Å². The van der Waals surface area contributed by atoms with Gasteiger partial charge in [-0.3, -0.25) is 9.59 Å². The molecule has 2 N–H and O–H groups in total. The first-order valence-corrected chi connectivity index (χ1v) is 10.3. The highest BCUT2D eigenvalue weighted by Gasteiger charge is 2.29. The van der Waals surface area contributed by atoms with E-state index in [0.29, 0.717) is 24.1 Å². The van der Waals surface area contributed by atoms with E-state index in [9.17, 15) is 19.1 Å². The first-order valence-electron chi connectivity index (χ1n) is 10.3. The number of carboxylic acid groups (broad SMARTS) is 1. The Morgan fingerprint density at radius 3 is 2.65 bits per heavy atom. The number of aliphatic carboxylic acids is 1. The summed E-state index contributed by atoms with van der Waals surface area (Å²) in [6, 6.07) is 12.1. The van der Waals surface area contributed by atoms with Crippen molar-refractivity contribution in [2.75, 3.05) is 6.54 Å². The van der Waals surface area contributed by atoms with E-state index in [4.69, 9.17) is 0 Å². The molecule has 0 spiro atoms. The number of nitrogens with zero attached hydrogens (tertiary/aromatic N) is 2. The molecule has 0 bridgehead atoms. The Morgan fingerprint density at radius 2 is 1.94 bits per heavy atom. The first-order chi connectivity index (χ1) is 14.8. The van der Waals surface area contributed by atoms with Crippen LogP contribution in [0.15, 0.2) is 42.5 Å². The molecule has 31 heavy (non-hydrogen) atoms. The molecule has 1 atom stereocenters. The molecule has 1 aromatic heterocycles. The Labute approximate surface area is 179 Å². The van der Waals surface area contributed by atoms with E-state index >= 15 is 0 Å². The van der Waals surface area contributed by atoms with Gasteiger partial charge in [-0.15, -0.1) is 0 Å². The Kier molecular flexibility index (Phi) is 5.59. The largest absolute Gasteiger partial charge is 0.481 e. The summed E-state index contributed by atoms with van der Waals surface area (Å²) in [5.41, 5.74) is 4.57. The molecule has 2 aromatic carbocycles. The summed E-state index contributed by atoms with van der Waals surface area (Å²) in [5, 5.41) is 16.8. The van der Waals surface area contributed by atoms with Crippen molar-refractivity contribution in [2.24, 2.45) is 0 Å². The normalized spacial score (nSPS) is 13.6. The second-order valence-electron chi connectivity index (χ2n) is 8.01. The number of carboxylic acids is 1. The number of hydrogen-bond acceptors (Lipinski definition) is 3. The number of benzene rings is 2. The molecule has 0 fully saturated rings. The summed E-state index contributed by atoms with van der Waals surface area (Å²) in [7, 11) is 0. The number of fused-ring (bicyclic) bond motifs is 1. The molecular weight excluding hydrogens is 397 g/mol. The van der Waals surface area contributed by atoms with Crippen LogP contribution in [0.1, 0.15) is 50.8 Å². The van der Waals surface area contributed by atoms with Crippen molar-refractivity contribution in [3.05, 3.63) is 81.9 Å². The molecule has 1 unspecified atom stereocenters. The van der Waals surface area contributed by atoms with Gasteiger partial charge in [0, 0.05) is 17.8 Å². The zero-order valence-corrected chi connectivity index (χ0v) is 17.5. The number of aryl methyl sites for hydroxylation is 2. The highest BCUT2D eigenvalue weighted by molar-refractivity contribution is 5.94. The van der Waals surface area contributed by atoms with Gasteiger partial charge in [0.1, 0.15) is 11.5 Å². The van der Waals surface area contributed by atoms with Crippen LogP contribution in [0.4, 0.5) is 4.39 Å². The van der Waals surface area contributed by atoms with E-state index in [1.54, 1.807) is 30.3 Å². The van der Waals surface area contributed by atoms with E-state index in [2.05, 4.69) is 10.4 Å². The molecule has 0 radical (unpaired) electrons. The number of rotatable bonds is 6. The van der Waals surface area contributed by atoms with Crippen molar-refractivity contribution in [3.8, 4) is 5.69 Å². The van der Waals surface area contributed by atoms with Crippen LogP contribution in [0.25, 0.3) is 5.69 Å². The second kappa shape index (κ2) is 8.34. The molecule has 0 aliphatic heterocycles. The minimum atomic E-state index is -1.01. The van der Waals surface area contributed by atoms with Gasteiger partial charge >= 0.3 is 5.97 Å². The third kappa shape index (κ3) is 4.08. The van der Waals surface area contributed by atoms with Gasteiger partial charge in [0.25, 0.3) is 5.91 Å². The molecule has 1 heterocycles. The molecule has 4 rings (SSSR count). The van der Waals surface area contributed by atoms with Crippen LogP contribution in [-0.4, -0.2) is 33.3 Å². The van der Waals surface area contributed by atoms with Crippen molar-refractivity contribution in [3.63, 3.8) is 0 Å². The Hall–Kier alpha value is -3.48. The average molecular weight is 421 g/mol. The average Bonchev–Trinajstić information content (AvgIpc) is 3.31.